The van der Waals surface area contributed by atoms with Gasteiger partial charge in [0.25, 0.3) is 5.91 Å². The van der Waals surface area contributed by atoms with E-state index in [1.165, 1.54) is 7.11 Å². The van der Waals surface area contributed by atoms with Crippen molar-refractivity contribution in [3.8, 4) is 17.2 Å². The Morgan fingerprint density at radius 3 is 2.03 bits per heavy atom. The minimum atomic E-state index is -0.473. The summed E-state index contributed by atoms with van der Waals surface area (Å²) in [6.45, 7) is 4.35. The van der Waals surface area contributed by atoms with Gasteiger partial charge < -0.3 is 30.2 Å². The van der Waals surface area contributed by atoms with Gasteiger partial charge in [-0.3, -0.25) is 4.79 Å². The highest BCUT2D eigenvalue weighted by Gasteiger charge is 2.17. The molecule has 0 atom stereocenters. The highest BCUT2D eigenvalue weighted by molar-refractivity contribution is 6.30. The highest BCUT2D eigenvalue weighted by Crippen LogP contribution is 2.37. The molecule has 0 spiro atoms. The maximum absolute atomic E-state index is 12.8. The third kappa shape index (κ3) is 6.55. The molecule has 0 radical (unpaired) electrons. The minimum Gasteiger partial charge on any atom is -0.497 e. The number of rotatable bonds is 9. The quantitative estimate of drug-likeness (QED) is 0.344. The molecule has 3 amide bonds. The van der Waals surface area contributed by atoms with Crippen molar-refractivity contribution in [2.24, 2.45) is 0 Å². The smallest absolute Gasteiger partial charge is 0.323 e. The lowest BCUT2D eigenvalue weighted by Gasteiger charge is -2.18. The lowest BCUT2D eigenvalue weighted by atomic mass is 10.1. The normalized spacial score (nSPS) is 10.2. The number of anilines is 3. The molecule has 8 nitrogen and oxygen atoms in total. The molecule has 0 bridgehead atoms. The first-order valence-corrected chi connectivity index (χ1v) is 11.0. The maximum Gasteiger partial charge on any atom is 0.323 e. The summed E-state index contributed by atoms with van der Waals surface area (Å²) in [6.07, 6.45) is 0. The molecular weight excluding hydrogens is 458 g/mol. The first-order chi connectivity index (χ1) is 16.4. The fraction of sp³-hybridized carbons (Fsp3) is 0.200. The van der Waals surface area contributed by atoms with Crippen LogP contribution in [0.2, 0.25) is 5.02 Å². The zero-order valence-corrected chi connectivity index (χ0v) is 19.9. The molecule has 3 aromatic rings. The van der Waals surface area contributed by atoms with Crippen molar-refractivity contribution in [1.82, 2.24) is 0 Å². The number of methoxy groups -OCH3 is 1. The SMILES string of the molecule is CCOc1cc(NC(=O)c2cccc(OC)c2)c(OCC)cc1NC(=O)Nc1ccc(Cl)cc1. The summed E-state index contributed by atoms with van der Waals surface area (Å²) in [5.74, 6) is 0.976. The molecular formula is C25H26ClN3O5. The molecule has 0 aliphatic rings. The predicted molar refractivity (Wildman–Crippen MR) is 134 cm³/mol. The molecule has 0 heterocycles. The average Bonchev–Trinajstić information content (AvgIpc) is 2.83. The Bertz CT molecular complexity index is 1150. The molecule has 9 heteroatoms. The number of hydrogen-bond acceptors (Lipinski definition) is 5. The number of halogens is 1. The molecule has 0 aromatic heterocycles. The molecule has 3 N–H and O–H groups in total. The van der Waals surface area contributed by atoms with Gasteiger partial charge in [0.05, 0.1) is 31.7 Å². The van der Waals surface area contributed by atoms with Gasteiger partial charge in [0.2, 0.25) is 0 Å². The van der Waals surface area contributed by atoms with Crippen LogP contribution in [0.4, 0.5) is 21.9 Å². The van der Waals surface area contributed by atoms with Crippen LogP contribution in [0, 0.1) is 0 Å². The third-order valence-corrected chi connectivity index (χ3v) is 4.86. The molecule has 0 saturated heterocycles. The minimum absolute atomic E-state index is 0.344. The van der Waals surface area contributed by atoms with Gasteiger partial charge in [-0.1, -0.05) is 17.7 Å². The van der Waals surface area contributed by atoms with Crippen LogP contribution in [0.5, 0.6) is 17.2 Å². The summed E-state index contributed by atoms with van der Waals surface area (Å²) in [6, 6.07) is 16.3. The van der Waals surface area contributed by atoms with Gasteiger partial charge in [0.15, 0.2) is 0 Å². The first kappa shape index (κ1) is 24.7. The fourth-order valence-corrected chi connectivity index (χ4v) is 3.21. The molecule has 3 aromatic carbocycles. The van der Waals surface area contributed by atoms with Crippen LogP contribution in [-0.4, -0.2) is 32.3 Å². The van der Waals surface area contributed by atoms with E-state index in [2.05, 4.69) is 16.0 Å². The zero-order valence-electron chi connectivity index (χ0n) is 19.1. The molecule has 0 aliphatic heterocycles. The van der Waals surface area contributed by atoms with Gasteiger partial charge in [-0.05, 0) is 56.3 Å². The van der Waals surface area contributed by atoms with Gasteiger partial charge in [-0.25, -0.2) is 4.79 Å². The number of carbonyl (C=O) groups excluding carboxylic acids is 2. The summed E-state index contributed by atoms with van der Waals surface area (Å²) in [5.41, 5.74) is 1.79. The number of nitrogens with one attached hydrogen (secondary N) is 3. The van der Waals surface area contributed by atoms with Crippen LogP contribution >= 0.6 is 11.6 Å². The van der Waals surface area contributed by atoms with Crippen molar-refractivity contribution >= 4 is 40.6 Å². The third-order valence-electron chi connectivity index (χ3n) is 4.61. The van der Waals surface area contributed by atoms with E-state index < -0.39 is 6.03 Å². The van der Waals surface area contributed by atoms with Gasteiger partial charge in [0.1, 0.15) is 17.2 Å². The number of benzene rings is 3. The van der Waals surface area contributed by atoms with Gasteiger partial charge >= 0.3 is 6.03 Å². The van der Waals surface area contributed by atoms with Gasteiger partial charge in [0, 0.05) is 28.4 Å². The molecule has 0 fully saturated rings. The summed E-state index contributed by atoms with van der Waals surface area (Å²) >= 11 is 5.89. The van der Waals surface area contributed by atoms with Crippen molar-refractivity contribution in [3.63, 3.8) is 0 Å². The van der Waals surface area contributed by atoms with Crippen LogP contribution in [-0.2, 0) is 0 Å². The highest BCUT2D eigenvalue weighted by atomic mass is 35.5. The van der Waals surface area contributed by atoms with Crippen LogP contribution in [0.3, 0.4) is 0 Å². The Morgan fingerprint density at radius 1 is 0.824 bits per heavy atom. The Morgan fingerprint density at radius 2 is 1.44 bits per heavy atom. The second kappa shape index (κ2) is 11.8. The second-order valence-corrected chi connectivity index (χ2v) is 7.42. The average molecular weight is 484 g/mol. The number of ether oxygens (including phenoxy) is 3. The summed E-state index contributed by atoms with van der Waals surface area (Å²) in [4.78, 5) is 25.4. The Kier molecular flexibility index (Phi) is 8.59. The fourth-order valence-electron chi connectivity index (χ4n) is 3.08. The van der Waals surface area contributed by atoms with Crippen molar-refractivity contribution in [2.75, 3.05) is 36.3 Å². The summed E-state index contributed by atoms with van der Waals surface area (Å²) in [5, 5.41) is 8.91. The number of carbonyl (C=O) groups is 2. The summed E-state index contributed by atoms with van der Waals surface area (Å²) < 4.78 is 16.6. The van der Waals surface area contributed by atoms with Gasteiger partial charge in [-0.2, -0.15) is 0 Å². The lowest BCUT2D eigenvalue weighted by molar-refractivity contribution is 0.102. The first-order valence-electron chi connectivity index (χ1n) is 10.7. The standard InChI is InChI=1S/C25H26ClN3O5/c1-4-33-22-15-21(29-25(31)27-18-11-9-17(26)10-12-18)23(34-5-2)14-20(22)28-24(30)16-7-6-8-19(13-16)32-3/h6-15H,4-5H2,1-3H3,(H,28,30)(H2,27,29,31). The lowest BCUT2D eigenvalue weighted by Crippen LogP contribution is -2.20. The number of amides is 3. The van der Waals surface area contributed by atoms with Crippen LogP contribution in [0.1, 0.15) is 24.2 Å². The monoisotopic (exact) mass is 483 g/mol. The predicted octanol–water partition coefficient (Wildman–Crippen LogP) is 6.04. The van der Waals surface area contributed by atoms with Crippen LogP contribution in [0.15, 0.2) is 60.7 Å². The van der Waals surface area contributed by atoms with Gasteiger partial charge in [-0.15, -0.1) is 0 Å². The molecule has 178 valence electrons. The largest absolute Gasteiger partial charge is 0.497 e. The van der Waals surface area contributed by atoms with E-state index in [4.69, 9.17) is 25.8 Å². The van der Waals surface area contributed by atoms with E-state index in [0.29, 0.717) is 58.1 Å². The maximum atomic E-state index is 12.8. The van der Waals surface area contributed by atoms with E-state index in [0.717, 1.165) is 0 Å². The van der Waals surface area contributed by atoms with Crippen molar-refractivity contribution in [3.05, 3.63) is 71.2 Å². The Labute approximate surface area is 203 Å². The summed E-state index contributed by atoms with van der Waals surface area (Å²) in [7, 11) is 1.54. The number of hydrogen-bond donors (Lipinski definition) is 3. The van der Waals surface area contributed by atoms with E-state index in [-0.39, 0.29) is 5.91 Å². The van der Waals surface area contributed by atoms with Crippen molar-refractivity contribution in [1.29, 1.82) is 0 Å². The molecule has 3 rings (SSSR count). The van der Waals surface area contributed by atoms with Crippen molar-refractivity contribution in [2.45, 2.75) is 13.8 Å². The zero-order chi connectivity index (χ0) is 24.5. The van der Waals surface area contributed by atoms with Crippen molar-refractivity contribution < 1.29 is 23.8 Å². The van der Waals surface area contributed by atoms with E-state index in [1.54, 1.807) is 60.7 Å². The number of urea groups is 1. The molecule has 0 aliphatic carbocycles. The molecule has 0 unspecified atom stereocenters. The van der Waals surface area contributed by atoms with E-state index in [9.17, 15) is 9.59 Å². The van der Waals surface area contributed by atoms with Crippen LogP contribution in [0.25, 0.3) is 0 Å². The van der Waals surface area contributed by atoms with E-state index >= 15 is 0 Å². The molecule has 34 heavy (non-hydrogen) atoms. The van der Waals surface area contributed by atoms with E-state index in [1.807, 2.05) is 13.8 Å². The van der Waals surface area contributed by atoms with Crippen LogP contribution < -0.4 is 30.2 Å². The topological polar surface area (TPSA) is 97.9 Å². The Hall–Kier alpha value is -3.91. The Balaban J connectivity index is 1.86. The second-order valence-electron chi connectivity index (χ2n) is 6.98. The molecule has 0 saturated carbocycles.